The van der Waals surface area contributed by atoms with E-state index >= 15 is 0 Å². The number of para-hydroxylation sites is 4. The average Bonchev–Trinajstić information content (AvgIpc) is 3.27. The Morgan fingerprint density at radius 2 is 0.643 bits per heavy atom. The molecule has 10 aromatic carbocycles. The van der Waals surface area contributed by atoms with E-state index in [9.17, 15) is 0 Å². The third kappa shape index (κ3) is 6.24. The van der Waals surface area contributed by atoms with Crippen LogP contribution in [0.5, 0.6) is 0 Å². The summed E-state index contributed by atoms with van der Waals surface area (Å²) in [6.07, 6.45) is 0. The number of benzene rings is 10. The fourth-order valence-corrected chi connectivity index (χ4v) is 8.06. The average molecular weight is 715 g/mol. The predicted molar refractivity (Wildman–Crippen MR) is 239 cm³/mol. The first-order valence-corrected chi connectivity index (χ1v) is 19.2. The standard InChI is InChI=1S/C54H38N2/c1-5-15-46(16-6-1)55(47-17-7-2-8-18-47)50-31-29-39(30-32-50)40-25-26-41-37-45-38-43(28-27-42(45)36-44(41)35-40)51-33-34-54(53-24-14-13-23-52(51)53)56(48-19-9-3-10-20-48)49-21-11-4-12-22-49/h1-38H. The molecule has 0 amide bonds. The highest BCUT2D eigenvalue weighted by atomic mass is 15.1. The van der Waals surface area contributed by atoms with Gasteiger partial charge in [0, 0.05) is 33.8 Å². The Morgan fingerprint density at radius 3 is 1.18 bits per heavy atom. The van der Waals surface area contributed by atoms with Crippen molar-refractivity contribution in [2.45, 2.75) is 0 Å². The molecule has 0 N–H and O–H groups in total. The fraction of sp³-hybridized carbons (Fsp3) is 0. The highest BCUT2D eigenvalue weighted by Gasteiger charge is 2.17. The van der Waals surface area contributed by atoms with Gasteiger partial charge in [-0.2, -0.15) is 0 Å². The molecule has 264 valence electrons. The Bertz CT molecular complexity index is 2860. The number of fused-ring (bicyclic) bond motifs is 3. The fourth-order valence-electron chi connectivity index (χ4n) is 8.06. The van der Waals surface area contributed by atoms with Crippen LogP contribution in [0.3, 0.4) is 0 Å². The molecule has 0 saturated heterocycles. The molecule has 0 unspecified atom stereocenters. The monoisotopic (exact) mass is 714 g/mol. The van der Waals surface area contributed by atoms with Gasteiger partial charge in [-0.15, -0.1) is 0 Å². The van der Waals surface area contributed by atoms with Gasteiger partial charge < -0.3 is 9.80 Å². The normalized spacial score (nSPS) is 11.2. The van der Waals surface area contributed by atoms with E-state index in [2.05, 4.69) is 240 Å². The first-order valence-electron chi connectivity index (χ1n) is 19.2. The second kappa shape index (κ2) is 14.4. The number of anilines is 6. The maximum absolute atomic E-state index is 2.35. The summed E-state index contributed by atoms with van der Waals surface area (Å²) in [5.41, 5.74) is 11.7. The zero-order chi connectivity index (χ0) is 37.3. The van der Waals surface area contributed by atoms with Crippen molar-refractivity contribution < 1.29 is 0 Å². The van der Waals surface area contributed by atoms with Crippen molar-refractivity contribution in [3.8, 4) is 22.3 Å². The summed E-state index contributed by atoms with van der Waals surface area (Å²) in [6.45, 7) is 0. The van der Waals surface area contributed by atoms with Crippen LogP contribution in [0.2, 0.25) is 0 Å². The number of hydrogen-bond acceptors (Lipinski definition) is 2. The lowest BCUT2D eigenvalue weighted by atomic mass is 9.93. The van der Waals surface area contributed by atoms with E-state index in [1.165, 1.54) is 54.6 Å². The Morgan fingerprint density at radius 1 is 0.232 bits per heavy atom. The van der Waals surface area contributed by atoms with E-state index < -0.39 is 0 Å². The highest BCUT2D eigenvalue weighted by molar-refractivity contribution is 6.08. The van der Waals surface area contributed by atoms with Crippen LogP contribution in [-0.2, 0) is 0 Å². The summed E-state index contributed by atoms with van der Waals surface area (Å²) in [4.78, 5) is 4.65. The summed E-state index contributed by atoms with van der Waals surface area (Å²) in [5.74, 6) is 0. The molecule has 0 atom stereocenters. The smallest absolute Gasteiger partial charge is 0.0540 e. The van der Waals surface area contributed by atoms with E-state index in [0.29, 0.717) is 0 Å². The molecule has 2 nitrogen and oxygen atoms in total. The van der Waals surface area contributed by atoms with Gasteiger partial charge in [0.15, 0.2) is 0 Å². The molecular weight excluding hydrogens is 677 g/mol. The summed E-state index contributed by atoms with van der Waals surface area (Å²) in [6, 6.07) is 83.0. The Labute approximate surface area is 327 Å². The topological polar surface area (TPSA) is 6.48 Å². The van der Waals surface area contributed by atoms with Gasteiger partial charge in [0.1, 0.15) is 0 Å². The van der Waals surface area contributed by atoms with Crippen molar-refractivity contribution in [2.24, 2.45) is 0 Å². The Kier molecular flexibility index (Phi) is 8.55. The first-order chi connectivity index (χ1) is 27.8. The SMILES string of the molecule is c1ccc(N(c2ccccc2)c2ccc(-c3ccc4cc5cc(-c6ccc(N(c7ccccc7)c7ccccc7)c7ccccc67)ccc5cc4c3)cc2)cc1. The van der Waals surface area contributed by atoms with Crippen molar-refractivity contribution in [1.29, 1.82) is 0 Å². The Balaban J connectivity index is 0.989. The van der Waals surface area contributed by atoms with E-state index in [1.807, 2.05) is 0 Å². The molecule has 0 aromatic heterocycles. The van der Waals surface area contributed by atoms with Crippen LogP contribution in [0.4, 0.5) is 34.1 Å². The molecule has 0 aliphatic carbocycles. The molecule has 0 aliphatic heterocycles. The van der Waals surface area contributed by atoms with Gasteiger partial charge in [-0.1, -0.05) is 140 Å². The van der Waals surface area contributed by atoms with E-state index in [1.54, 1.807) is 0 Å². The van der Waals surface area contributed by atoms with Crippen molar-refractivity contribution >= 4 is 66.4 Å². The van der Waals surface area contributed by atoms with Gasteiger partial charge in [0.2, 0.25) is 0 Å². The molecule has 2 heteroatoms. The third-order valence-electron chi connectivity index (χ3n) is 10.8. The molecule has 0 radical (unpaired) electrons. The summed E-state index contributed by atoms with van der Waals surface area (Å²) < 4.78 is 0. The number of rotatable bonds is 8. The molecule has 56 heavy (non-hydrogen) atoms. The van der Waals surface area contributed by atoms with Gasteiger partial charge in [-0.05, 0) is 140 Å². The zero-order valence-electron chi connectivity index (χ0n) is 30.8. The zero-order valence-corrected chi connectivity index (χ0v) is 30.8. The van der Waals surface area contributed by atoms with Crippen LogP contribution in [0, 0.1) is 0 Å². The van der Waals surface area contributed by atoms with E-state index in [0.717, 1.165) is 34.1 Å². The Hall–Kier alpha value is -7.42. The molecule has 0 saturated carbocycles. The van der Waals surface area contributed by atoms with Gasteiger partial charge in [0.05, 0.1) is 5.69 Å². The van der Waals surface area contributed by atoms with Crippen LogP contribution in [-0.4, -0.2) is 0 Å². The second-order valence-corrected chi connectivity index (χ2v) is 14.2. The maximum atomic E-state index is 2.35. The largest absolute Gasteiger partial charge is 0.311 e. The van der Waals surface area contributed by atoms with Gasteiger partial charge in [-0.3, -0.25) is 0 Å². The van der Waals surface area contributed by atoms with Crippen molar-refractivity contribution in [2.75, 3.05) is 9.80 Å². The number of hydrogen-bond donors (Lipinski definition) is 0. The quantitative estimate of drug-likeness (QED) is 0.145. The van der Waals surface area contributed by atoms with Gasteiger partial charge in [0.25, 0.3) is 0 Å². The second-order valence-electron chi connectivity index (χ2n) is 14.2. The highest BCUT2D eigenvalue weighted by Crippen LogP contribution is 2.42. The van der Waals surface area contributed by atoms with E-state index in [-0.39, 0.29) is 0 Å². The van der Waals surface area contributed by atoms with Crippen LogP contribution < -0.4 is 9.80 Å². The lowest BCUT2D eigenvalue weighted by molar-refractivity contribution is 1.28. The molecule has 10 rings (SSSR count). The third-order valence-corrected chi connectivity index (χ3v) is 10.8. The lowest BCUT2D eigenvalue weighted by Crippen LogP contribution is -2.10. The van der Waals surface area contributed by atoms with Gasteiger partial charge >= 0.3 is 0 Å². The van der Waals surface area contributed by atoms with Crippen molar-refractivity contribution in [3.63, 3.8) is 0 Å². The minimum Gasteiger partial charge on any atom is -0.311 e. The summed E-state index contributed by atoms with van der Waals surface area (Å²) in [7, 11) is 0. The maximum Gasteiger partial charge on any atom is 0.0540 e. The molecular formula is C54H38N2. The predicted octanol–water partition coefficient (Wildman–Crippen LogP) is 15.4. The first kappa shape index (κ1) is 33.2. The summed E-state index contributed by atoms with van der Waals surface area (Å²) >= 11 is 0. The summed E-state index contributed by atoms with van der Waals surface area (Å²) in [5, 5.41) is 7.38. The lowest BCUT2D eigenvalue weighted by Gasteiger charge is -2.27. The van der Waals surface area contributed by atoms with Gasteiger partial charge in [-0.25, -0.2) is 0 Å². The molecule has 0 fully saturated rings. The molecule has 10 aromatic rings. The molecule has 0 bridgehead atoms. The van der Waals surface area contributed by atoms with Crippen LogP contribution in [0.1, 0.15) is 0 Å². The number of nitrogens with zero attached hydrogens (tertiary/aromatic N) is 2. The van der Waals surface area contributed by atoms with Crippen molar-refractivity contribution in [1.82, 2.24) is 0 Å². The van der Waals surface area contributed by atoms with Crippen LogP contribution in [0.15, 0.2) is 231 Å². The minimum absolute atomic E-state index is 1.13. The molecule has 0 spiro atoms. The van der Waals surface area contributed by atoms with Crippen molar-refractivity contribution in [3.05, 3.63) is 231 Å². The minimum atomic E-state index is 1.13. The van der Waals surface area contributed by atoms with E-state index in [4.69, 9.17) is 0 Å². The van der Waals surface area contributed by atoms with Crippen LogP contribution >= 0.6 is 0 Å². The molecule has 0 heterocycles. The van der Waals surface area contributed by atoms with Crippen LogP contribution in [0.25, 0.3) is 54.6 Å². The molecule has 0 aliphatic rings.